The minimum atomic E-state index is -0.445. The number of ether oxygens (including phenoxy) is 10. The average Bonchev–Trinajstić information content (AvgIpc) is 0.997. The average molecular weight is 1990 g/mol. The highest BCUT2D eigenvalue weighted by Gasteiger charge is 2.17. The van der Waals surface area contributed by atoms with Crippen molar-refractivity contribution in [1.29, 1.82) is 0 Å². The maximum Gasteiger partial charge on any atom is 0.343 e. The highest BCUT2D eigenvalue weighted by Crippen LogP contribution is 2.32. The van der Waals surface area contributed by atoms with Gasteiger partial charge in [-0.1, -0.05) is 284 Å². The second-order valence-corrected chi connectivity index (χ2v) is 33.1. The van der Waals surface area contributed by atoms with E-state index in [9.17, 15) is 24.0 Å². The van der Waals surface area contributed by atoms with Crippen LogP contribution in [0.1, 0.15) is 247 Å². The first-order valence-corrected chi connectivity index (χ1v) is 46.5. The molecule has 10 aromatic carbocycles. The molecule has 130 heavy (non-hydrogen) atoms. The fraction of sp³-hybridized carbons (Fsp3) is 0.350. The van der Waals surface area contributed by atoms with Gasteiger partial charge < -0.3 is 47.4 Å². The second-order valence-electron chi connectivity index (χ2n) is 28.8. The third-order valence-electron chi connectivity index (χ3n) is 18.6. The Morgan fingerprint density at radius 2 is 0.331 bits per heavy atom. The highest BCUT2D eigenvalue weighted by atomic mass is 35.5. The zero-order chi connectivity index (χ0) is 90.4. The molecule has 0 atom stereocenters. The molecule has 0 aliphatic heterocycles. The van der Waals surface area contributed by atoms with E-state index in [1.807, 2.05) is 0 Å². The van der Waals surface area contributed by atoms with Gasteiger partial charge in [-0.2, -0.15) is 0 Å². The largest absolute Gasteiger partial charge is 0.494 e. The molecule has 30 heteroatoms. The van der Waals surface area contributed by atoms with Gasteiger partial charge in [0, 0.05) is 30.3 Å². The third kappa shape index (κ3) is 47.7. The Hall–Kier alpha value is -9.25. The normalized spacial score (nSPS) is 10.1. The standard InChI is InChI=1S/5C20H22ClO3S.5FH/c5*1-2-3-4-5-6-13-23-16-9-7-15(8-10-16)20(22)24-17-11-12-19(25)18(21)14-17;;;;;/h5*7-12,14H,2-6,13H2,1H3;5*1H. The van der Waals surface area contributed by atoms with Gasteiger partial charge in [0.15, 0.2) is 0 Å². The summed E-state index contributed by atoms with van der Waals surface area (Å²) >= 11 is 54.8. The Morgan fingerprint density at radius 1 is 0.200 bits per heavy atom. The zero-order valence-corrected chi connectivity index (χ0v) is 81.4. The molecule has 10 aromatic rings. The molecule has 0 saturated heterocycles. The summed E-state index contributed by atoms with van der Waals surface area (Å²) in [6.45, 7) is 14.5. The van der Waals surface area contributed by atoms with Gasteiger partial charge in [-0.05, 0) is 214 Å². The molecule has 0 aliphatic rings. The molecular weight excluding hydrogens is 1870 g/mol. The minimum absolute atomic E-state index is 0. The van der Waals surface area contributed by atoms with Crippen LogP contribution in [0.25, 0.3) is 0 Å². The number of hydrogen-bond acceptors (Lipinski definition) is 15. The molecule has 15 nitrogen and oxygen atoms in total. The van der Waals surface area contributed by atoms with Crippen LogP contribution in [0.15, 0.2) is 237 Å². The third-order valence-corrected chi connectivity index (χ3v) is 22.5. The van der Waals surface area contributed by atoms with Crippen LogP contribution in [-0.2, 0) is 0 Å². The van der Waals surface area contributed by atoms with Crippen molar-refractivity contribution in [2.45, 2.75) is 220 Å². The van der Waals surface area contributed by atoms with Crippen LogP contribution in [0.4, 0.5) is 23.5 Å². The summed E-state index contributed by atoms with van der Waals surface area (Å²) in [5.41, 5.74) is 2.26. The van der Waals surface area contributed by atoms with Crippen LogP contribution in [0, 0.1) is 0 Å². The first kappa shape index (κ1) is 119. The zero-order valence-electron chi connectivity index (χ0n) is 73.5. The first-order chi connectivity index (χ1) is 60.5. The molecule has 0 aliphatic carbocycles. The van der Waals surface area contributed by atoms with E-state index >= 15 is 0 Å². The van der Waals surface area contributed by atoms with Crippen molar-refractivity contribution < 1.29 is 94.9 Å². The van der Waals surface area contributed by atoms with E-state index in [0.717, 1.165) is 60.9 Å². The summed E-state index contributed by atoms with van der Waals surface area (Å²) in [7, 11) is 0. The van der Waals surface area contributed by atoms with E-state index < -0.39 is 29.8 Å². The number of carbonyl (C=O) groups excluding carboxylic acids is 5. The molecule has 0 aromatic heterocycles. The van der Waals surface area contributed by atoms with E-state index in [2.05, 4.69) is 34.6 Å². The van der Waals surface area contributed by atoms with Gasteiger partial charge in [0.1, 0.15) is 57.5 Å². The van der Waals surface area contributed by atoms with Crippen molar-refractivity contribution in [2.24, 2.45) is 0 Å². The van der Waals surface area contributed by atoms with E-state index in [1.54, 1.807) is 182 Å². The number of halogens is 10. The van der Waals surface area contributed by atoms with Gasteiger partial charge in [-0.15, -0.1) is 0 Å². The van der Waals surface area contributed by atoms with Crippen molar-refractivity contribution >= 4 is 151 Å². The van der Waals surface area contributed by atoms with Gasteiger partial charge in [-0.3, -0.25) is 23.5 Å². The Balaban J connectivity index is 0.000000805. The van der Waals surface area contributed by atoms with E-state index in [0.29, 0.717) is 139 Å². The Kier molecular flexibility index (Phi) is 63.6. The van der Waals surface area contributed by atoms with Crippen molar-refractivity contribution in [2.75, 3.05) is 33.0 Å². The number of rotatable bonds is 45. The smallest absolute Gasteiger partial charge is 0.343 e. The highest BCUT2D eigenvalue weighted by molar-refractivity contribution is 7.81. The summed E-state index contributed by atoms with van der Waals surface area (Å²) in [4.78, 5) is 63.4. The minimum Gasteiger partial charge on any atom is -0.494 e. The molecule has 5 radical (unpaired) electrons. The molecular formula is C100H115Cl5F5O15S5. The van der Waals surface area contributed by atoms with Gasteiger partial charge >= 0.3 is 29.8 Å². The molecule has 10 rings (SSSR count). The van der Waals surface area contributed by atoms with Crippen LogP contribution >= 0.6 is 121 Å². The summed E-state index contributed by atoms with van der Waals surface area (Å²) in [5, 5.41) is 1.96. The van der Waals surface area contributed by atoms with Gasteiger partial charge in [-0.25, -0.2) is 24.0 Å². The molecule has 0 N–H and O–H groups in total. The molecule has 705 valence electrons. The van der Waals surface area contributed by atoms with Crippen LogP contribution in [0.2, 0.25) is 25.1 Å². The lowest BCUT2D eigenvalue weighted by Crippen LogP contribution is -2.08. The lowest BCUT2D eigenvalue weighted by Gasteiger charge is -2.08. The lowest BCUT2D eigenvalue weighted by molar-refractivity contribution is 0.0725. The quantitative estimate of drug-likeness (QED) is 0.0152. The fourth-order valence-electron chi connectivity index (χ4n) is 11.5. The monoisotopic (exact) mass is 1990 g/mol. The van der Waals surface area contributed by atoms with Crippen molar-refractivity contribution in [1.82, 2.24) is 0 Å². The summed E-state index contributed by atoms with van der Waals surface area (Å²) in [5.74, 6) is 3.41. The number of esters is 5. The van der Waals surface area contributed by atoms with Crippen molar-refractivity contribution in [3.8, 4) is 57.5 Å². The summed E-state index contributed by atoms with van der Waals surface area (Å²) in [6, 6.07) is 58.7. The first-order valence-electron chi connectivity index (χ1n) is 42.6. The predicted molar refractivity (Wildman–Crippen MR) is 527 cm³/mol. The predicted octanol–water partition coefficient (Wildman–Crippen LogP) is 33.1. The van der Waals surface area contributed by atoms with Crippen molar-refractivity contribution in [3.05, 3.63) is 265 Å². The maximum absolute atomic E-state index is 12.2. The fourth-order valence-corrected chi connectivity index (χ4v) is 13.0. The van der Waals surface area contributed by atoms with Gasteiger partial charge in [0.25, 0.3) is 0 Å². The molecule has 0 bridgehead atoms. The summed E-state index contributed by atoms with van der Waals surface area (Å²) in [6.07, 6.45) is 30.0. The molecule has 0 heterocycles. The van der Waals surface area contributed by atoms with Crippen molar-refractivity contribution in [3.63, 3.8) is 0 Å². The van der Waals surface area contributed by atoms with Gasteiger partial charge in [0.05, 0.1) is 110 Å². The van der Waals surface area contributed by atoms with E-state index in [-0.39, 0.29) is 23.5 Å². The van der Waals surface area contributed by atoms with E-state index in [1.165, 1.54) is 159 Å². The molecule has 0 spiro atoms. The summed E-state index contributed by atoms with van der Waals surface area (Å²) < 4.78 is 54.9. The van der Waals surface area contributed by atoms with Crippen LogP contribution < -0.4 is 47.4 Å². The SMILES string of the molecule is CCCCCCCOc1ccc(C(=O)Oc2ccc([S])c(Cl)c2)cc1.CCCCCCCOc1ccc(C(=O)Oc2ccc([S])c(Cl)c2)cc1.CCCCCCCOc1ccc(C(=O)Oc2ccc([S])c(Cl)c2)cc1.CCCCCCCOc1ccc(C(=O)Oc2ccc([S])c(Cl)c2)cc1.CCCCCCCOc1ccc(C(=O)Oc2ccc([S])c(Cl)c2)cc1.F.F.F.F.F. The van der Waals surface area contributed by atoms with Gasteiger partial charge in [0.2, 0.25) is 0 Å². The maximum atomic E-state index is 12.2. The van der Waals surface area contributed by atoms with Crippen LogP contribution in [-0.4, -0.2) is 62.9 Å². The Bertz CT molecular complexity index is 4160. The number of unbranched alkanes of at least 4 members (excludes halogenated alkanes) is 20. The molecule has 0 amide bonds. The van der Waals surface area contributed by atoms with E-state index in [4.69, 9.17) is 169 Å². The Labute approximate surface area is 814 Å². The second kappa shape index (κ2) is 69.6. The lowest BCUT2D eigenvalue weighted by atomic mass is 10.2. The molecule has 0 saturated carbocycles. The number of hydrogen-bond donors (Lipinski definition) is 0. The number of benzene rings is 10. The van der Waals surface area contributed by atoms with Crippen LogP contribution in [0.5, 0.6) is 57.5 Å². The van der Waals surface area contributed by atoms with Crippen LogP contribution in [0.3, 0.4) is 0 Å². The molecule has 0 fully saturated rings. The molecule has 0 unspecified atom stereocenters. The topological polar surface area (TPSA) is 178 Å². The Morgan fingerprint density at radius 3 is 0.462 bits per heavy atom. The number of carbonyl (C=O) groups is 5.